The first-order valence-corrected chi connectivity index (χ1v) is 13.1. The number of hydrogen-bond acceptors (Lipinski definition) is 6. The SMILES string of the molecule is COc1ccc([C@@H]2C[C@@H](C(F)(F)F)n3nc(C(=O)Nc4c(C)nn(Cc5ccccc5Cl)c4C)cc3N2)cc1OC. The number of carbonyl (C=O) groups is 1. The molecule has 0 spiro atoms. The third-order valence-corrected chi connectivity index (χ3v) is 7.50. The van der Waals surface area contributed by atoms with Gasteiger partial charge in [0.05, 0.1) is 43.9 Å². The summed E-state index contributed by atoms with van der Waals surface area (Å²) in [4.78, 5) is 13.2. The van der Waals surface area contributed by atoms with E-state index in [-0.39, 0.29) is 17.9 Å². The summed E-state index contributed by atoms with van der Waals surface area (Å²) in [6, 6.07) is 11.0. The van der Waals surface area contributed by atoms with Crippen LogP contribution >= 0.6 is 11.6 Å². The number of nitrogens with one attached hydrogen (secondary N) is 2. The van der Waals surface area contributed by atoms with E-state index in [4.69, 9.17) is 21.1 Å². The van der Waals surface area contributed by atoms with E-state index in [0.717, 1.165) is 10.2 Å². The van der Waals surface area contributed by atoms with Crippen molar-refractivity contribution >= 4 is 29.0 Å². The number of halogens is 4. The Hall–Kier alpha value is -4.19. The fourth-order valence-electron chi connectivity index (χ4n) is 4.97. The van der Waals surface area contributed by atoms with Crippen LogP contribution in [0.2, 0.25) is 5.02 Å². The van der Waals surface area contributed by atoms with Crippen LogP contribution in [0.1, 0.15) is 51.5 Å². The lowest BCUT2D eigenvalue weighted by Crippen LogP contribution is -2.35. The largest absolute Gasteiger partial charge is 0.493 e. The van der Waals surface area contributed by atoms with Crippen molar-refractivity contribution in [1.82, 2.24) is 19.6 Å². The standard InChI is InChI=1S/C28H28ClF3N6O3/c1-15-26(16(2)37(35-15)14-18-7-5-6-8-19(18)29)34-27(39)21-13-25-33-20(12-24(28(30,31)32)38(25)36-21)17-9-10-22(40-3)23(11-17)41-4/h5-11,13,20,24,33H,12,14H2,1-4H3,(H,34,39)/t20-,24-/m0/s1. The van der Waals surface area contributed by atoms with Crippen LogP contribution in [0, 0.1) is 13.8 Å². The van der Waals surface area contributed by atoms with Crippen molar-refractivity contribution in [2.24, 2.45) is 0 Å². The normalized spacial score (nSPS) is 16.6. The molecule has 0 saturated heterocycles. The highest BCUT2D eigenvalue weighted by molar-refractivity contribution is 6.31. The molecule has 0 radical (unpaired) electrons. The number of alkyl halides is 3. The number of anilines is 2. The first-order valence-electron chi connectivity index (χ1n) is 12.7. The number of nitrogens with zero attached hydrogens (tertiary/aromatic N) is 4. The number of rotatable bonds is 7. The van der Waals surface area contributed by atoms with Crippen LogP contribution in [0.15, 0.2) is 48.5 Å². The Morgan fingerprint density at radius 3 is 2.51 bits per heavy atom. The van der Waals surface area contributed by atoms with Gasteiger partial charge in [0.2, 0.25) is 0 Å². The molecule has 3 heterocycles. The van der Waals surface area contributed by atoms with Crippen molar-refractivity contribution in [2.75, 3.05) is 24.9 Å². The number of fused-ring (bicyclic) bond motifs is 1. The second kappa shape index (κ2) is 11.0. The maximum Gasteiger partial charge on any atom is 0.410 e. The monoisotopic (exact) mass is 588 g/mol. The Morgan fingerprint density at radius 1 is 1.10 bits per heavy atom. The fourth-order valence-corrected chi connectivity index (χ4v) is 5.17. The first kappa shape index (κ1) is 28.3. The Labute approximate surface area is 239 Å². The van der Waals surface area contributed by atoms with E-state index in [1.54, 1.807) is 42.8 Å². The number of ether oxygens (including phenoxy) is 2. The van der Waals surface area contributed by atoms with Crippen LogP contribution in [-0.4, -0.2) is 45.9 Å². The topological polar surface area (TPSA) is 95.2 Å². The molecular formula is C28H28ClF3N6O3. The second-order valence-corrected chi connectivity index (χ2v) is 10.1. The van der Waals surface area contributed by atoms with Gasteiger partial charge in [0.25, 0.3) is 5.91 Å². The number of amides is 1. The van der Waals surface area contributed by atoms with E-state index < -0.39 is 24.2 Å². The summed E-state index contributed by atoms with van der Waals surface area (Å²) in [5.74, 6) is 0.284. The van der Waals surface area contributed by atoms with Crippen LogP contribution < -0.4 is 20.1 Å². The van der Waals surface area contributed by atoms with Gasteiger partial charge < -0.3 is 20.1 Å². The van der Waals surface area contributed by atoms with Crippen LogP contribution in [0.25, 0.3) is 0 Å². The summed E-state index contributed by atoms with van der Waals surface area (Å²) in [6.07, 6.45) is -4.93. The van der Waals surface area contributed by atoms with E-state index in [1.807, 2.05) is 18.2 Å². The number of methoxy groups -OCH3 is 2. The molecule has 0 fully saturated rings. The molecule has 2 aromatic heterocycles. The van der Waals surface area contributed by atoms with E-state index in [0.29, 0.717) is 45.7 Å². The molecule has 0 aliphatic carbocycles. The maximum absolute atomic E-state index is 14.2. The van der Waals surface area contributed by atoms with Gasteiger partial charge in [-0.2, -0.15) is 23.4 Å². The molecular weight excluding hydrogens is 561 g/mol. The summed E-state index contributed by atoms with van der Waals surface area (Å²) in [5.41, 5.74) is 2.94. The minimum atomic E-state index is -4.60. The summed E-state index contributed by atoms with van der Waals surface area (Å²) in [6.45, 7) is 3.91. The lowest BCUT2D eigenvalue weighted by Gasteiger charge is -2.33. The van der Waals surface area contributed by atoms with Crippen molar-refractivity contribution in [3.8, 4) is 11.5 Å². The van der Waals surface area contributed by atoms with Gasteiger partial charge in [-0.25, -0.2) is 4.68 Å². The number of benzene rings is 2. The van der Waals surface area contributed by atoms with Crippen molar-refractivity contribution in [3.05, 3.63) is 81.8 Å². The second-order valence-electron chi connectivity index (χ2n) is 9.71. The molecule has 0 bridgehead atoms. The molecule has 1 aliphatic rings. The third kappa shape index (κ3) is 5.56. The van der Waals surface area contributed by atoms with Gasteiger partial charge in [0.15, 0.2) is 23.2 Å². The van der Waals surface area contributed by atoms with Gasteiger partial charge in [-0.3, -0.25) is 9.48 Å². The van der Waals surface area contributed by atoms with Gasteiger partial charge in [-0.05, 0) is 43.2 Å². The van der Waals surface area contributed by atoms with Gasteiger partial charge in [-0.1, -0.05) is 35.9 Å². The Morgan fingerprint density at radius 2 is 1.83 bits per heavy atom. The van der Waals surface area contributed by atoms with Crippen molar-refractivity contribution in [1.29, 1.82) is 0 Å². The Balaban J connectivity index is 1.41. The molecule has 9 nitrogen and oxygen atoms in total. The van der Waals surface area contributed by atoms with Gasteiger partial charge >= 0.3 is 6.18 Å². The molecule has 4 aromatic rings. The van der Waals surface area contributed by atoms with Crippen molar-refractivity contribution in [2.45, 2.75) is 45.1 Å². The number of aryl methyl sites for hydroxylation is 1. The number of aromatic nitrogens is 4. The molecule has 2 N–H and O–H groups in total. The van der Waals surface area contributed by atoms with Crippen LogP contribution in [0.3, 0.4) is 0 Å². The van der Waals surface area contributed by atoms with E-state index in [1.165, 1.54) is 20.3 Å². The highest BCUT2D eigenvalue weighted by atomic mass is 35.5. The van der Waals surface area contributed by atoms with Gasteiger partial charge in [0.1, 0.15) is 5.82 Å². The molecule has 41 heavy (non-hydrogen) atoms. The number of hydrogen-bond donors (Lipinski definition) is 2. The molecule has 5 rings (SSSR count). The van der Waals surface area contributed by atoms with E-state index in [9.17, 15) is 18.0 Å². The molecule has 2 aromatic carbocycles. The molecule has 13 heteroatoms. The minimum Gasteiger partial charge on any atom is -0.493 e. The average Bonchev–Trinajstić information content (AvgIpc) is 3.49. The molecule has 2 atom stereocenters. The molecule has 216 valence electrons. The Bertz CT molecular complexity index is 1600. The van der Waals surface area contributed by atoms with Crippen LogP contribution in [-0.2, 0) is 6.54 Å². The summed E-state index contributed by atoms with van der Waals surface area (Å²) < 4.78 is 55.7. The minimum absolute atomic E-state index is 0.0753. The zero-order valence-electron chi connectivity index (χ0n) is 22.7. The van der Waals surface area contributed by atoms with E-state index >= 15 is 0 Å². The molecule has 0 unspecified atom stereocenters. The van der Waals surface area contributed by atoms with Crippen molar-refractivity contribution < 1.29 is 27.4 Å². The predicted molar refractivity (Wildman–Crippen MR) is 148 cm³/mol. The van der Waals surface area contributed by atoms with Crippen LogP contribution in [0.4, 0.5) is 24.7 Å². The zero-order valence-corrected chi connectivity index (χ0v) is 23.5. The Kier molecular flexibility index (Phi) is 7.60. The van der Waals surface area contributed by atoms with Crippen molar-refractivity contribution in [3.63, 3.8) is 0 Å². The zero-order chi connectivity index (χ0) is 29.5. The fraction of sp³-hybridized carbons (Fsp3) is 0.321. The highest BCUT2D eigenvalue weighted by Crippen LogP contribution is 2.44. The first-order chi connectivity index (χ1) is 19.5. The summed E-state index contributed by atoms with van der Waals surface area (Å²) in [7, 11) is 2.94. The highest BCUT2D eigenvalue weighted by Gasteiger charge is 2.47. The smallest absolute Gasteiger partial charge is 0.410 e. The lowest BCUT2D eigenvalue weighted by molar-refractivity contribution is -0.173. The molecule has 0 saturated carbocycles. The maximum atomic E-state index is 14.2. The lowest BCUT2D eigenvalue weighted by atomic mass is 9.96. The van der Waals surface area contributed by atoms with E-state index in [2.05, 4.69) is 20.8 Å². The predicted octanol–water partition coefficient (Wildman–Crippen LogP) is 6.33. The summed E-state index contributed by atoms with van der Waals surface area (Å²) >= 11 is 6.29. The third-order valence-electron chi connectivity index (χ3n) is 7.13. The molecule has 1 aliphatic heterocycles. The molecule has 1 amide bonds. The summed E-state index contributed by atoms with van der Waals surface area (Å²) in [5, 5.41) is 15.0. The van der Waals surface area contributed by atoms with Gasteiger partial charge in [-0.15, -0.1) is 0 Å². The number of carbonyl (C=O) groups excluding carboxylic acids is 1. The quantitative estimate of drug-likeness (QED) is 0.262. The average molecular weight is 589 g/mol. The van der Waals surface area contributed by atoms with Gasteiger partial charge in [0, 0.05) is 17.5 Å². The van der Waals surface area contributed by atoms with Crippen LogP contribution in [0.5, 0.6) is 11.5 Å².